The highest BCUT2D eigenvalue weighted by Crippen LogP contribution is 2.18. The molecule has 0 atom stereocenters. The van der Waals surface area contributed by atoms with Crippen molar-refractivity contribution in [3.63, 3.8) is 0 Å². The second kappa shape index (κ2) is 4.89. The Morgan fingerprint density at radius 2 is 1.93 bits per heavy atom. The van der Waals surface area contributed by atoms with Crippen LogP contribution in [0.1, 0.15) is 32.3 Å². The minimum absolute atomic E-state index is 0.553. The van der Waals surface area contributed by atoms with E-state index in [2.05, 4.69) is 31.3 Å². The van der Waals surface area contributed by atoms with Crippen LogP contribution in [0.15, 0.2) is 18.2 Å². The quantitative estimate of drug-likeness (QED) is 0.719. The smallest absolute Gasteiger partial charge is 0.0364 e. The molecule has 0 aliphatic rings. The minimum atomic E-state index is 0.553. The van der Waals surface area contributed by atoms with Crippen LogP contribution < -0.4 is 11.1 Å². The third kappa shape index (κ3) is 2.66. The van der Waals surface area contributed by atoms with E-state index in [0.717, 1.165) is 29.8 Å². The summed E-state index contributed by atoms with van der Waals surface area (Å²) in [7, 11) is 0. The molecule has 0 aromatic heterocycles. The van der Waals surface area contributed by atoms with E-state index < -0.39 is 0 Å². The van der Waals surface area contributed by atoms with E-state index in [0.29, 0.717) is 6.04 Å². The summed E-state index contributed by atoms with van der Waals surface area (Å²) >= 11 is 0. The Labute approximate surface area is 86.5 Å². The van der Waals surface area contributed by atoms with Crippen LogP contribution in [0.2, 0.25) is 0 Å². The lowest BCUT2D eigenvalue weighted by Gasteiger charge is -2.16. The first-order valence-electron chi connectivity index (χ1n) is 5.30. The number of benzene rings is 1. The molecule has 0 aliphatic heterocycles. The van der Waals surface area contributed by atoms with Crippen LogP contribution in [-0.4, -0.2) is 6.04 Å². The van der Waals surface area contributed by atoms with Gasteiger partial charge in [0.1, 0.15) is 0 Å². The molecule has 1 aromatic rings. The van der Waals surface area contributed by atoms with Gasteiger partial charge in [0, 0.05) is 17.4 Å². The van der Waals surface area contributed by atoms with Crippen molar-refractivity contribution in [2.45, 2.75) is 39.7 Å². The van der Waals surface area contributed by atoms with Gasteiger partial charge in [-0.15, -0.1) is 0 Å². The third-order valence-electron chi connectivity index (χ3n) is 2.64. The average molecular weight is 192 g/mol. The third-order valence-corrected chi connectivity index (χ3v) is 2.64. The van der Waals surface area contributed by atoms with E-state index in [-0.39, 0.29) is 0 Å². The van der Waals surface area contributed by atoms with Crippen molar-refractivity contribution in [1.82, 2.24) is 0 Å². The lowest BCUT2D eigenvalue weighted by Crippen LogP contribution is -2.16. The molecule has 0 spiro atoms. The van der Waals surface area contributed by atoms with Gasteiger partial charge in [0.25, 0.3) is 0 Å². The van der Waals surface area contributed by atoms with Crippen LogP contribution in [0.25, 0.3) is 0 Å². The average Bonchev–Trinajstić information content (AvgIpc) is 2.19. The van der Waals surface area contributed by atoms with E-state index in [1.54, 1.807) is 0 Å². The molecule has 2 nitrogen and oxygen atoms in total. The molecule has 0 unspecified atom stereocenters. The highest BCUT2D eigenvalue weighted by molar-refractivity contribution is 5.58. The topological polar surface area (TPSA) is 38.0 Å². The van der Waals surface area contributed by atoms with Gasteiger partial charge in [0.15, 0.2) is 0 Å². The molecule has 0 heterocycles. The molecule has 2 heteroatoms. The van der Waals surface area contributed by atoms with Gasteiger partial charge in [-0.1, -0.05) is 19.9 Å². The monoisotopic (exact) mass is 192 g/mol. The SMILES string of the molecule is CCC(CC)Nc1ccc(C)c(N)c1. The number of hydrogen-bond donors (Lipinski definition) is 2. The molecule has 0 aliphatic carbocycles. The fourth-order valence-electron chi connectivity index (χ4n) is 1.46. The lowest BCUT2D eigenvalue weighted by molar-refractivity contribution is 0.672. The molecule has 0 saturated carbocycles. The Morgan fingerprint density at radius 1 is 1.29 bits per heavy atom. The van der Waals surface area contributed by atoms with Crippen molar-refractivity contribution in [2.24, 2.45) is 0 Å². The fourth-order valence-corrected chi connectivity index (χ4v) is 1.46. The predicted octanol–water partition coefficient (Wildman–Crippen LogP) is 3.18. The van der Waals surface area contributed by atoms with Crippen LogP contribution in [0.5, 0.6) is 0 Å². The van der Waals surface area contributed by atoms with E-state index in [9.17, 15) is 0 Å². The summed E-state index contributed by atoms with van der Waals surface area (Å²) in [6.07, 6.45) is 2.29. The van der Waals surface area contributed by atoms with Gasteiger partial charge >= 0.3 is 0 Å². The molecule has 0 saturated heterocycles. The van der Waals surface area contributed by atoms with Crippen LogP contribution in [0.3, 0.4) is 0 Å². The Morgan fingerprint density at radius 3 is 2.43 bits per heavy atom. The van der Waals surface area contributed by atoms with Gasteiger partial charge in [-0.3, -0.25) is 0 Å². The molecule has 0 amide bonds. The van der Waals surface area contributed by atoms with Gasteiger partial charge in [0.2, 0.25) is 0 Å². The first-order chi connectivity index (χ1) is 6.67. The molecule has 0 radical (unpaired) electrons. The summed E-state index contributed by atoms with van der Waals surface area (Å²) in [5, 5.41) is 3.47. The van der Waals surface area contributed by atoms with E-state index in [1.165, 1.54) is 0 Å². The molecular weight excluding hydrogens is 172 g/mol. The van der Waals surface area contributed by atoms with Crippen molar-refractivity contribution < 1.29 is 0 Å². The second-order valence-electron chi connectivity index (χ2n) is 3.73. The van der Waals surface area contributed by atoms with Crippen LogP contribution in [0.4, 0.5) is 11.4 Å². The van der Waals surface area contributed by atoms with E-state index in [4.69, 9.17) is 5.73 Å². The molecule has 0 bridgehead atoms. The van der Waals surface area contributed by atoms with Gasteiger partial charge in [-0.2, -0.15) is 0 Å². The standard InChI is InChI=1S/C12H20N2/c1-4-10(5-2)14-11-7-6-9(3)12(13)8-11/h6-8,10,14H,4-5,13H2,1-3H3. The van der Waals surface area contributed by atoms with Gasteiger partial charge in [-0.25, -0.2) is 0 Å². The molecule has 3 N–H and O–H groups in total. The van der Waals surface area contributed by atoms with E-state index >= 15 is 0 Å². The molecule has 14 heavy (non-hydrogen) atoms. The number of nitrogen functional groups attached to an aromatic ring is 1. The van der Waals surface area contributed by atoms with E-state index in [1.807, 2.05) is 13.0 Å². The molecular formula is C12H20N2. The zero-order valence-corrected chi connectivity index (χ0v) is 9.30. The fraction of sp³-hybridized carbons (Fsp3) is 0.500. The van der Waals surface area contributed by atoms with Gasteiger partial charge < -0.3 is 11.1 Å². The van der Waals surface area contributed by atoms with Crippen molar-refractivity contribution in [3.8, 4) is 0 Å². The summed E-state index contributed by atoms with van der Waals surface area (Å²) in [5.41, 5.74) is 8.97. The number of nitrogens with one attached hydrogen (secondary N) is 1. The maximum atomic E-state index is 5.84. The summed E-state index contributed by atoms with van der Waals surface area (Å²) < 4.78 is 0. The molecule has 0 fully saturated rings. The Kier molecular flexibility index (Phi) is 3.81. The summed E-state index contributed by atoms with van der Waals surface area (Å²) in [6.45, 7) is 6.41. The predicted molar refractivity (Wildman–Crippen MR) is 63.6 cm³/mol. The largest absolute Gasteiger partial charge is 0.398 e. The van der Waals surface area contributed by atoms with Crippen LogP contribution >= 0.6 is 0 Å². The summed E-state index contributed by atoms with van der Waals surface area (Å²) in [4.78, 5) is 0. The normalized spacial score (nSPS) is 10.6. The second-order valence-corrected chi connectivity index (χ2v) is 3.73. The summed E-state index contributed by atoms with van der Waals surface area (Å²) in [6, 6.07) is 6.70. The summed E-state index contributed by atoms with van der Waals surface area (Å²) in [5.74, 6) is 0. The lowest BCUT2D eigenvalue weighted by atomic mass is 10.1. The van der Waals surface area contributed by atoms with Crippen LogP contribution in [-0.2, 0) is 0 Å². The Hall–Kier alpha value is -1.18. The molecule has 1 rings (SSSR count). The van der Waals surface area contributed by atoms with Gasteiger partial charge in [-0.05, 0) is 37.5 Å². The zero-order valence-electron chi connectivity index (χ0n) is 9.30. The van der Waals surface area contributed by atoms with Crippen molar-refractivity contribution >= 4 is 11.4 Å². The molecule has 1 aromatic carbocycles. The van der Waals surface area contributed by atoms with Crippen molar-refractivity contribution in [2.75, 3.05) is 11.1 Å². The first kappa shape index (κ1) is 10.9. The first-order valence-corrected chi connectivity index (χ1v) is 5.30. The van der Waals surface area contributed by atoms with Crippen LogP contribution in [0, 0.1) is 6.92 Å². The number of rotatable bonds is 4. The Bertz CT molecular complexity index is 290. The number of aryl methyl sites for hydroxylation is 1. The maximum Gasteiger partial charge on any atom is 0.0364 e. The minimum Gasteiger partial charge on any atom is -0.398 e. The van der Waals surface area contributed by atoms with Crippen molar-refractivity contribution in [3.05, 3.63) is 23.8 Å². The molecule has 78 valence electrons. The zero-order chi connectivity index (χ0) is 10.6. The number of hydrogen-bond acceptors (Lipinski definition) is 2. The highest BCUT2D eigenvalue weighted by atomic mass is 14.9. The van der Waals surface area contributed by atoms with Crippen molar-refractivity contribution in [1.29, 1.82) is 0 Å². The highest BCUT2D eigenvalue weighted by Gasteiger charge is 2.03. The number of anilines is 2. The van der Waals surface area contributed by atoms with Gasteiger partial charge in [0.05, 0.1) is 0 Å². The maximum absolute atomic E-state index is 5.84. The Balaban J connectivity index is 2.72. The number of nitrogens with two attached hydrogens (primary N) is 1.